The number of carbonyl (C=O) groups is 2. The van der Waals surface area contributed by atoms with Gasteiger partial charge in [0, 0.05) is 49.4 Å². The van der Waals surface area contributed by atoms with Crippen molar-refractivity contribution in [1.29, 1.82) is 0 Å². The maximum absolute atomic E-state index is 14.9. The van der Waals surface area contributed by atoms with Crippen LogP contribution in [0.15, 0.2) is 78.4 Å². The second-order valence-corrected chi connectivity index (χ2v) is 10.8. The molecule has 7 heteroatoms. The molecular weight excluding hydrogens is 484 g/mol. The van der Waals surface area contributed by atoms with E-state index < -0.39 is 11.0 Å². The Bertz CT molecular complexity index is 1470. The zero-order chi connectivity index (χ0) is 26.8. The lowest BCUT2D eigenvalue weighted by atomic mass is 9.56. The van der Waals surface area contributed by atoms with E-state index in [0.29, 0.717) is 30.8 Å². The zero-order valence-corrected chi connectivity index (χ0v) is 21.6. The molecule has 3 aliphatic rings. The number of amides is 1. The van der Waals surface area contributed by atoms with Crippen molar-refractivity contribution < 1.29 is 18.4 Å². The second-order valence-electron chi connectivity index (χ2n) is 10.8. The molecule has 0 N–H and O–H groups in total. The highest BCUT2D eigenvalue weighted by Gasteiger charge is 2.75. The van der Waals surface area contributed by atoms with Crippen molar-refractivity contribution in [2.24, 2.45) is 5.41 Å². The maximum atomic E-state index is 14.9. The van der Waals surface area contributed by atoms with Crippen molar-refractivity contribution in [3.05, 3.63) is 107 Å². The Balaban J connectivity index is 1.63. The Labute approximate surface area is 221 Å². The van der Waals surface area contributed by atoms with Crippen molar-refractivity contribution in [3.63, 3.8) is 0 Å². The molecule has 3 aromatic rings. The van der Waals surface area contributed by atoms with Gasteiger partial charge in [-0.05, 0) is 61.6 Å². The predicted octanol–water partition coefficient (Wildman–Crippen LogP) is 4.45. The van der Waals surface area contributed by atoms with Gasteiger partial charge in [0.1, 0.15) is 17.2 Å². The standard InChI is InChI=1S/C31H29F2N3O2/c1-34-17-22(16-20-8-12-23(32)13-9-20)28(37)30(19-34)26(21-10-14-24(33)15-11-21)18-35(2)31(30)25-6-4-5-7-27(25)36(3)29(31)38/h4-16,26H,17-19H2,1-3H3/b22-16+/t26-,30+,31+/m1/s1. The van der Waals surface area contributed by atoms with Crippen molar-refractivity contribution >= 4 is 23.5 Å². The lowest BCUT2D eigenvalue weighted by molar-refractivity contribution is -0.147. The number of hydrogen-bond donors (Lipinski definition) is 0. The monoisotopic (exact) mass is 513 g/mol. The number of halogens is 2. The quantitative estimate of drug-likeness (QED) is 0.475. The highest BCUT2D eigenvalue weighted by molar-refractivity contribution is 6.16. The molecule has 6 rings (SSSR count). The van der Waals surface area contributed by atoms with E-state index >= 15 is 0 Å². The summed E-state index contributed by atoms with van der Waals surface area (Å²) in [5.41, 5.74) is 1.26. The van der Waals surface area contributed by atoms with Gasteiger partial charge in [-0.2, -0.15) is 0 Å². The van der Waals surface area contributed by atoms with Crippen LogP contribution in [0.3, 0.4) is 0 Å². The zero-order valence-electron chi connectivity index (χ0n) is 21.6. The summed E-state index contributed by atoms with van der Waals surface area (Å²) >= 11 is 0. The molecule has 2 fully saturated rings. The largest absolute Gasteiger partial charge is 0.313 e. The van der Waals surface area contributed by atoms with E-state index in [1.807, 2.05) is 49.3 Å². The molecule has 0 aromatic heterocycles. The van der Waals surface area contributed by atoms with Crippen LogP contribution < -0.4 is 4.90 Å². The van der Waals surface area contributed by atoms with Crippen LogP contribution >= 0.6 is 0 Å². The normalized spacial score (nSPS) is 28.7. The Kier molecular flexibility index (Phi) is 5.63. The van der Waals surface area contributed by atoms with Crippen LogP contribution in [0.4, 0.5) is 14.5 Å². The highest BCUT2D eigenvalue weighted by Crippen LogP contribution is 2.65. The molecule has 3 heterocycles. The van der Waals surface area contributed by atoms with Crippen LogP contribution in [0.25, 0.3) is 6.08 Å². The van der Waals surface area contributed by atoms with Gasteiger partial charge in [0.05, 0.1) is 5.41 Å². The molecule has 2 spiro atoms. The van der Waals surface area contributed by atoms with Gasteiger partial charge in [0.25, 0.3) is 5.91 Å². The third-order valence-corrected chi connectivity index (χ3v) is 8.68. The molecule has 2 saturated heterocycles. The predicted molar refractivity (Wildman–Crippen MR) is 143 cm³/mol. The van der Waals surface area contributed by atoms with Crippen LogP contribution in [0, 0.1) is 17.0 Å². The van der Waals surface area contributed by atoms with Crippen LogP contribution in [0.5, 0.6) is 0 Å². The molecule has 0 saturated carbocycles. The first-order valence-corrected chi connectivity index (χ1v) is 12.7. The Morgan fingerprint density at radius 3 is 2.18 bits per heavy atom. The van der Waals surface area contributed by atoms with Crippen LogP contribution in [-0.4, -0.2) is 62.3 Å². The van der Waals surface area contributed by atoms with Gasteiger partial charge < -0.3 is 9.80 Å². The third kappa shape index (κ3) is 3.21. The first kappa shape index (κ1) is 24.6. The number of ketones is 1. The van der Waals surface area contributed by atoms with Gasteiger partial charge in [0.2, 0.25) is 0 Å². The van der Waals surface area contributed by atoms with E-state index in [1.165, 1.54) is 24.3 Å². The number of nitrogens with zero attached hydrogens (tertiary/aromatic N) is 3. The van der Waals surface area contributed by atoms with Crippen molar-refractivity contribution in [1.82, 2.24) is 9.80 Å². The molecule has 3 aliphatic heterocycles. The third-order valence-electron chi connectivity index (χ3n) is 8.68. The molecule has 194 valence electrons. The van der Waals surface area contributed by atoms with Crippen LogP contribution in [0.1, 0.15) is 22.6 Å². The minimum absolute atomic E-state index is 0.1000. The van der Waals surface area contributed by atoms with E-state index in [2.05, 4.69) is 4.90 Å². The van der Waals surface area contributed by atoms with Gasteiger partial charge >= 0.3 is 0 Å². The lowest BCUT2D eigenvalue weighted by Crippen LogP contribution is -2.65. The van der Waals surface area contributed by atoms with Crippen LogP contribution in [-0.2, 0) is 15.1 Å². The smallest absolute Gasteiger partial charge is 0.253 e. The first-order chi connectivity index (χ1) is 18.2. The molecular formula is C31H29F2N3O2. The number of piperidine rings is 1. The summed E-state index contributed by atoms with van der Waals surface area (Å²) in [4.78, 5) is 35.2. The number of carbonyl (C=O) groups excluding carboxylic acids is 2. The van der Waals surface area contributed by atoms with Crippen molar-refractivity contribution in [2.45, 2.75) is 11.5 Å². The Hall–Kier alpha value is -3.68. The minimum Gasteiger partial charge on any atom is -0.313 e. The van der Waals surface area contributed by atoms with Crippen molar-refractivity contribution in [2.75, 3.05) is 45.7 Å². The van der Waals surface area contributed by atoms with Gasteiger partial charge in [0.15, 0.2) is 5.78 Å². The number of likely N-dealkylation sites (tertiary alicyclic amines) is 2. The van der Waals surface area contributed by atoms with Gasteiger partial charge in [-0.3, -0.25) is 14.5 Å². The SMILES string of the molecule is CN1C/C(=C\c2ccc(F)cc2)C(=O)[C@]2(C1)[C@@H](c1ccc(F)cc1)CN(C)[C@@]21C(=O)N(C)c2ccccc21. The van der Waals surface area contributed by atoms with Crippen LogP contribution in [0.2, 0.25) is 0 Å². The summed E-state index contributed by atoms with van der Waals surface area (Å²) in [7, 11) is 5.62. The number of para-hydroxylation sites is 1. The lowest BCUT2D eigenvalue weighted by Gasteiger charge is -2.51. The fraction of sp³-hybridized carbons (Fsp3) is 0.290. The van der Waals surface area contributed by atoms with E-state index in [0.717, 1.165) is 16.8 Å². The molecule has 1 amide bonds. The Morgan fingerprint density at radius 1 is 0.868 bits per heavy atom. The number of anilines is 1. The number of fused-ring (bicyclic) bond motifs is 3. The van der Waals surface area contributed by atoms with Crippen molar-refractivity contribution in [3.8, 4) is 0 Å². The number of rotatable bonds is 2. The summed E-state index contributed by atoms with van der Waals surface area (Å²) in [6.07, 6.45) is 1.81. The summed E-state index contributed by atoms with van der Waals surface area (Å²) in [5, 5.41) is 0. The second kappa shape index (κ2) is 8.68. The molecule has 3 atom stereocenters. The molecule has 0 unspecified atom stereocenters. The Morgan fingerprint density at radius 2 is 1.50 bits per heavy atom. The number of benzene rings is 3. The fourth-order valence-electron chi connectivity index (χ4n) is 7.20. The molecule has 38 heavy (non-hydrogen) atoms. The topological polar surface area (TPSA) is 43.9 Å². The molecule has 0 bridgehead atoms. The van der Waals surface area contributed by atoms with Gasteiger partial charge in [-0.25, -0.2) is 8.78 Å². The van der Waals surface area contributed by atoms with Gasteiger partial charge in [-0.1, -0.05) is 42.5 Å². The van der Waals surface area contributed by atoms with E-state index in [1.54, 1.807) is 36.2 Å². The summed E-state index contributed by atoms with van der Waals surface area (Å²) in [5.74, 6) is -1.31. The summed E-state index contributed by atoms with van der Waals surface area (Å²) in [6, 6.07) is 20.0. The summed E-state index contributed by atoms with van der Waals surface area (Å²) in [6.45, 7) is 1.20. The molecule has 5 nitrogen and oxygen atoms in total. The first-order valence-electron chi connectivity index (χ1n) is 12.7. The number of Topliss-reactive ketones (excluding diaryl/α,β-unsaturated/α-hetero) is 1. The minimum atomic E-state index is -1.24. The summed E-state index contributed by atoms with van der Waals surface area (Å²) < 4.78 is 27.6. The number of hydrogen-bond acceptors (Lipinski definition) is 4. The average molecular weight is 514 g/mol. The molecule has 0 radical (unpaired) electrons. The van der Waals surface area contributed by atoms with E-state index in [9.17, 15) is 18.4 Å². The molecule has 0 aliphatic carbocycles. The van der Waals surface area contributed by atoms with E-state index in [-0.39, 0.29) is 29.2 Å². The average Bonchev–Trinajstić information content (AvgIpc) is 3.29. The maximum Gasteiger partial charge on any atom is 0.253 e. The highest BCUT2D eigenvalue weighted by atomic mass is 19.1. The molecule has 3 aromatic carbocycles. The van der Waals surface area contributed by atoms with E-state index in [4.69, 9.17) is 0 Å². The van der Waals surface area contributed by atoms with Gasteiger partial charge in [-0.15, -0.1) is 0 Å². The number of likely N-dealkylation sites (N-methyl/N-ethyl adjacent to an activating group) is 3. The fourth-order valence-corrected chi connectivity index (χ4v) is 7.20.